The third kappa shape index (κ3) is 6.08. The van der Waals surface area contributed by atoms with Crippen molar-refractivity contribution in [1.29, 1.82) is 0 Å². The smallest absolute Gasteiger partial charge is 0.366 e. The maximum absolute atomic E-state index is 14.6. The fourth-order valence-electron chi connectivity index (χ4n) is 3.76. The predicted octanol–water partition coefficient (Wildman–Crippen LogP) is 5.23. The number of aryl methyl sites for hydroxylation is 1. The van der Waals surface area contributed by atoms with E-state index >= 15 is 0 Å². The van der Waals surface area contributed by atoms with E-state index in [1.807, 2.05) is 0 Å². The average molecular weight is 621 g/mol. The molecule has 37 heavy (non-hydrogen) atoms. The highest BCUT2D eigenvalue weighted by molar-refractivity contribution is 9.10. The highest BCUT2D eigenvalue weighted by Crippen LogP contribution is 2.53. The van der Waals surface area contributed by atoms with Crippen LogP contribution in [0.25, 0.3) is 0 Å². The minimum atomic E-state index is -6.36. The van der Waals surface area contributed by atoms with Gasteiger partial charge in [0.1, 0.15) is 9.84 Å². The van der Waals surface area contributed by atoms with Crippen molar-refractivity contribution in [3.8, 4) is 0 Å². The minimum Gasteiger partial charge on any atom is -0.366 e. The summed E-state index contributed by atoms with van der Waals surface area (Å²) in [6.45, 7) is 2.28. The number of carbonyl (C=O) groups is 2. The van der Waals surface area contributed by atoms with E-state index < -0.39 is 62.6 Å². The van der Waals surface area contributed by atoms with Gasteiger partial charge in [-0.05, 0) is 53.5 Å². The zero-order valence-electron chi connectivity index (χ0n) is 19.3. The lowest BCUT2D eigenvalue weighted by Gasteiger charge is -2.33. The molecule has 15 heteroatoms. The summed E-state index contributed by atoms with van der Waals surface area (Å²) in [5, 5.41) is 0. The van der Waals surface area contributed by atoms with Crippen molar-refractivity contribution in [2.24, 2.45) is 5.73 Å². The molecule has 204 valence electrons. The van der Waals surface area contributed by atoms with Crippen molar-refractivity contribution in [3.05, 3.63) is 63.1 Å². The molecule has 0 spiro atoms. The van der Waals surface area contributed by atoms with Crippen molar-refractivity contribution >= 4 is 43.3 Å². The van der Waals surface area contributed by atoms with Crippen LogP contribution in [0.3, 0.4) is 0 Å². The number of carbonyl (C=O) groups excluding carboxylic acids is 2. The van der Waals surface area contributed by atoms with Gasteiger partial charge in [-0.25, -0.2) is 12.8 Å². The highest BCUT2D eigenvalue weighted by Gasteiger charge is 2.73. The second-order valence-corrected chi connectivity index (χ2v) is 11.3. The molecule has 0 saturated carbocycles. The van der Waals surface area contributed by atoms with Gasteiger partial charge in [-0.2, -0.15) is 26.3 Å². The van der Waals surface area contributed by atoms with Gasteiger partial charge in [0.15, 0.2) is 0 Å². The van der Waals surface area contributed by atoms with Crippen LogP contribution in [-0.4, -0.2) is 50.6 Å². The Morgan fingerprint density at radius 3 is 2.00 bits per heavy atom. The quantitative estimate of drug-likeness (QED) is 0.429. The van der Waals surface area contributed by atoms with Gasteiger partial charge in [0.2, 0.25) is 5.91 Å². The molecule has 2 amide bonds. The van der Waals surface area contributed by atoms with E-state index in [0.717, 1.165) is 18.1 Å². The van der Waals surface area contributed by atoms with Crippen LogP contribution in [0.5, 0.6) is 0 Å². The van der Waals surface area contributed by atoms with Crippen molar-refractivity contribution in [3.63, 3.8) is 0 Å². The molecular weight excluding hydrogens is 601 g/mol. The van der Waals surface area contributed by atoms with Crippen LogP contribution in [0.2, 0.25) is 0 Å². The Morgan fingerprint density at radius 1 is 1.03 bits per heavy atom. The number of primary amides is 1. The lowest BCUT2D eigenvalue weighted by Crippen LogP contribution is -2.50. The number of halogens is 8. The molecule has 0 saturated heterocycles. The summed E-state index contributed by atoms with van der Waals surface area (Å²) in [6.07, 6.45) is -11.9. The standard InChI is InChI=1S/C22H20BrF7N2O4S/c1-11-9-13(20(24,21(25,26)27)22(28,29)30)7-8-16(11)32(12(2)10-37(3,35)36)19(34)17-14(18(31)33)5-4-6-15(17)23/h4-9,12H,10H2,1-3H3,(H2,31,33)/t12-/m0/s1. The van der Waals surface area contributed by atoms with E-state index in [9.17, 15) is 48.7 Å². The third-order valence-corrected chi connectivity index (χ3v) is 7.08. The van der Waals surface area contributed by atoms with Gasteiger partial charge in [-0.15, -0.1) is 0 Å². The predicted molar refractivity (Wildman–Crippen MR) is 125 cm³/mol. The molecule has 2 N–H and O–H groups in total. The summed E-state index contributed by atoms with van der Waals surface area (Å²) < 4.78 is 118. The number of nitrogens with two attached hydrogens (primary N) is 1. The van der Waals surface area contributed by atoms with Gasteiger partial charge in [0.05, 0.1) is 16.9 Å². The summed E-state index contributed by atoms with van der Waals surface area (Å²) in [5.41, 5.74) is -3.50. The number of alkyl halides is 7. The number of sulfone groups is 1. The van der Waals surface area contributed by atoms with Crippen molar-refractivity contribution < 1.29 is 48.7 Å². The monoisotopic (exact) mass is 620 g/mol. The maximum Gasteiger partial charge on any atom is 0.435 e. The maximum atomic E-state index is 14.6. The molecule has 0 unspecified atom stereocenters. The van der Waals surface area contributed by atoms with Crippen molar-refractivity contribution in [2.45, 2.75) is 37.9 Å². The van der Waals surface area contributed by atoms with E-state index in [-0.39, 0.29) is 33.4 Å². The normalized spacial score (nSPS) is 13.8. The number of rotatable bonds is 7. The summed E-state index contributed by atoms with van der Waals surface area (Å²) >= 11 is 3.09. The van der Waals surface area contributed by atoms with Gasteiger partial charge < -0.3 is 10.6 Å². The first kappa shape index (κ1) is 30.5. The topological polar surface area (TPSA) is 97.5 Å². The number of nitrogens with zero attached hydrogens (tertiary/aromatic N) is 1. The molecule has 2 rings (SSSR count). The van der Waals surface area contributed by atoms with E-state index in [0.29, 0.717) is 6.07 Å². The van der Waals surface area contributed by atoms with Crippen molar-refractivity contribution in [1.82, 2.24) is 0 Å². The van der Waals surface area contributed by atoms with Gasteiger partial charge in [-0.1, -0.05) is 18.2 Å². The molecule has 0 fully saturated rings. The molecule has 0 bridgehead atoms. The summed E-state index contributed by atoms with van der Waals surface area (Å²) in [7, 11) is -3.77. The number of benzene rings is 2. The lowest BCUT2D eigenvalue weighted by molar-refractivity contribution is -0.348. The Hall–Kier alpha value is -2.68. The Bertz CT molecular complexity index is 1310. The SMILES string of the molecule is Cc1cc(C(F)(C(F)(F)F)C(F)(F)F)ccc1N(C(=O)c1c(Br)cccc1C(N)=O)[C@@H](C)CS(C)(=O)=O. The second-order valence-electron chi connectivity index (χ2n) is 8.30. The number of amides is 2. The molecule has 0 aromatic heterocycles. The van der Waals surface area contributed by atoms with Crippen LogP contribution in [0, 0.1) is 6.92 Å². The average Bonchev–Trinajstić information content (AvgIpc) is 2.71. The highest BCUT2D eigenvalue weighted by atomic mass is 79.9. The largest absolute Gasteiger partial charge is 0.435 e. The third-order valence-electron chi connectivity index (χ3n) is 5.33. The number of hydrogen-bond donors (Lipinski definition) is 1. The van der Waals surface area contributed by atoms with E-state index in [2.05, 4.69) is 15.9 Å². The fourth-order valence-corrected chi connectivity index (χ4v) is 5.32. The van der Waals surface area contributed by atoms with Crippen LogP contribution in [0.1, 0.15) is 38.8 Å². The molecule has 0 aliphatic rings. The molecule has 0 aliphatic heterocycles. The molecule has 2 aromatic rings. The van der Waals surface area contributed by atoms with Crippen molar-refractivity contribution in [2.75, 3.05) is 16.9 Å². The Morgan fingerprint density at radius 2 is 1.57 bits per heavy atom. The lowest BCUT2D eigenvalue weighted by atomic mass is 9.92. The molecule has 1 atom stereocenters. The van der Waals surface area contributed by atoms with Crippen LogP contribution in [0.4, 0.5) is 36.4 Å². The summed E-state index contributed by atoms with van der Waals surface area (Å²) in [6, 6.07) is 3.83. The zero-order chi connectivity index (χ0) is 28.7. The van der Waals surface area contributed by atoms with Gasteiger partial charge in [0, 0.05) is 28.0 Å². The van der Waals surface area contributed by atoms with E-state index in [1.165, 1.54) is 25.1 Å². The van der Waals surface area contributed by atoms with Crippen LogP contribution >= 0.6 is 15.9 Å². The van der Waals surface area contributed by atoms with Gasteiger partial charge >= 0.3 is 18.0 Å². The minimum absolute atomic E-state index is 0.0524. The van der Waals surface area contributed by atoms with Gasteiger partial charge in [0.25, 0.3) is 5.91 Å². The first-order valence-electron chi connectivity index (χ1n) is 10.2. The molecule has 0 aliphatic carbocycles. The second kappa shape index (κ2) is 10.2. The van der Waals surface area contributed by atoms with Crippen LogP contribution < -0.4 is 10.6 Å². The van der Waals surface area contributed by atoms with Gasteiger partial charge in [-0.3, -0.25) is 9.59 Å². The molecule has 2 aromatic carbocycles. The van der Waals surface area contributed by atoms with E-state index in [1.54, 1.807) is 0 Å². The molecule has 0 radical (unpaired) electrons. The Kier molecular flexibility index (Phi) is 8.45. The van der Waals surface area contributed by atoms with Crippen LogP contribution in [0.15, 0.2) is 40.9 Å². The van der Waals surface area contributed by atoms with E-state index in [4.69, 9.17) is 5.73 Å². The number of hydrogen-bond acceptors (Lipinski definition) is 4. The first-order chi connectivity index (χ1) is 16.6. The molecule has 6 nitrogen and oxygen atoms in total. The Balaban J connectivity index is 2.81. The molecular formula is C22H20BrF7N2O4S. The fraction of sp³-hybridized carbons (Fsp3) is 0.364. The first-order valence-corrected chi connectivity index (χ1v) is 13.0. The number of anilines is 1. The Labute approximate surface area is 215 Å². The molecule has 0 heterocycles. The zero-order valence-corrected chi connectivity index (χ0v) is 21.7. The summed E-state index contributed by atoms with van der Waals surface area (Å²) in [4.78, 5) is 26.3. The summed E-state index contributed by atoms with van der Waals surface area (Å²) in [5.74, 6) is -2.74. The van der Waals surface area contributed by atoms with Crippen LogP contribution in [-0.2, 0) is 15.5 Å².